The molecule has 37 heavy (non-hydrogen) atoms. The summed E-state index contributed by atoms with van der Waals surface area (Å²) in [6, 6.07) is 2.42. The zero-order valence-electron chi connectivity index (χ0n) is 20.1. The molecule has 14 heteroatoms. The highest BCUT2D eigenvalue weighted by Crippen LogP contribution is 2.43. The van der Waals surface area contributed by atoms with E-state index in [0.29, 0.717) is 0 Å². The van der Waals surface area contributed by atoms with Gasteiger partial charge in [-0.3, -0.25) is 4.79 Å². The minimum atomic E-state index is -1.77. The number of ether oxygens (including phenoxy) is 5. The van der Waals surface area contributed by atoms with Gasteiger partial charge in [-0.2, -0.15) is 0 Å². The molecule has 14 nitrogen and oxygen atoms in total. The SMILES string of the molecule is COc1c(O[C@@H]2O[C@H](CO[C@@H]3O[C@@H](C)[C@H](O)[C@@H](O)[C@H]3O)[C@@H](O)[C@H](O)[C@H]2O)cc2oc(C)cc(=O)c2c1O. The molecule has 2 aliphatic heterocycles. The van der Waals surface area contributed by atoms with Gasteiger partial charge in [0.1, 0.15) is 59.5 Å². The van der Waals surface area contributed by atoms with E-state index in [4.69, 9.17) is 28.1 Å². The number of rotatable bonds is 6. The maximum atomic E-state index is 12.3. The Hall–Kier alpha value is -2.53. The van der Waals surface area contributed by atoms with Gasteiger partial charge in [0.25, 0.3) is 0 Å². The Kier molecular flexibility index (Phi) is 7.94. The Morgan fingerprint density at radius 3 is 2.22 bits per heavy atom. The van der Waals surface area contributed by atoms with E-state index in [1.807, 2.05) is 0 Å². The fraction of sp³-hybridized carbons (Fsp3) is 0.609. The summed E-state index contributed by atoms with van der Waals surface area (Å²) >= 11 is 0. The summed E-state index contributed by atoms with van der Waals surface area (Å²) in [5.74, 6) is -0.789. The Morgan fingerprint density at radius 2 is 1.54 bits per heavy atom. The van der Waals surface area contributed by atoms with Crippen LogP contribution in [0.2, 0.25) is 0 Å². The van der Waals surface area contributed by atoms with Gasteiger partial charge in [-0.05, 0) is 13.8 Å². The smallest absolute Gasteiger partial charge is 0.229 e. The molecule has 0 amide bonds. The van der Waals surface area contributed by atoms with Crippen molar-refractivity contribution in [1.82, 2.24) is 0 Å². The minimum Gasteiger partial charge on any atom is -0.504 e. The number of aromatic hydroxyl groups is 1. The topological polar surface area (TPSA) is 218 Å². The summed E-state index contributed by atoms with van der Waals surface area (Å²) in [5.41, 5.74) is -0.563. The number of benzene rings is 1. The molecule has 0 unspecified atom stereocenters. The number of aliphatic hydroxyl groups excluding tert-OH is 6. The van der Waals surface area contributed by atoms with E-state index >= 15 is 0 Å². The van der Waals surface area contributed by atoms with Crippen molar-refractivity contribution >= 4 is 11.0 Å². The Balaban J connectivity index is 1.55. The molecular formula is C23H30O14. The molecule has 0 saturated carbocycles. The van der Waals surface area contributed by atoms with Gasteiger partial charge >= 0.3 is 0 Å². The first kappa shape index (κ1) is 27.5. The van der Waals surface area contributed by atoms with Crippen LogP contribution in [0, 0.1) is 6.92 Å². The number of phenols is 1. The Bertz CT molecular complexity index is 1170. The second-order valence-electron chi connectivity index (χ2n) is 9.00. The molecule has 10 atom stereocenters. The molecule has 0 radical (unpaired) electrons. The van der Waals surface area contributed by atoms with Crippen molar-refractivity contribution in [3.05, 3.63) is 28.1 Å². The lowest BCUT2D eigenvalue weighted by Crippen LogP contribution is -2.61. The van der Waals surface area contributed by atoms with Crippen LogP contribution in [0.5, 0.6) is 17.2 Å². The highest BCUT2D eigenvalue weighted by Gasteiger charge is 2.47. The summed E-state index contributed by atoms with van der Waals surface area (Å²) in [4.78, 5) is 12.3. The van der Waals surface area contributed by atoms with Crippen LogP contribution in [0.3, 0.4) is 0 Å². The molecule has 1 aromatic carbocycles. The van der Waals surface area contributed by atoms with Crippen molar-refractivity contribution in [1.29, 1.82) is 0 Å². The zero-order valence-corrected chi connectivity index (χ0v) is 20.1. The molecule has 2 aromatic rings. The zero-order chi connectivity index (χ0) is 27.2. The molecule has 2 saturated heterocycles. The maximum Gasteiger partial charge on any atom is 0.229 e. The maximum absolute atomic E-state index is 12.3. The van der Waals surface area contributed by atoms with Gasteiger partial charge in [-0.25, -0.2) is 0 Å². The van der Waals surface area contributed by atoms with Crippen molar-refractivity contribution in [3.8, 4) is 17.2 Å². The van der Waals surface area contributed by atoms with E-state index in [-0.39, 0.29) is 28.2 Å². The van der Waals surface area contributed by atoms with Gasteiger partial charge in [0.15, 0.2) is 23.2 Å². The third kappa shape index (κ3) is 5.12. The van der Waals surface area contributed by atoms with Crippen LogP contribution < -0.4 is 14.9 Å². The lowest BCUT2D eigenvalue weighted by molar-refractivity contribution is -0.318. The van der Waals surface area contributed by atoms with E-state index in [1.54, 1.807) is 0 Å². The monoisotopic (exact) mass is 530 g/mol. The predicted octanol–water partition coefficient (Wildman–Crippen LogP) is -2.15. The van der Waals surface area contributed by atoms with Gasteiger partial charge in [-0.15, -0.1) is 0 Å². The standard InChI is InChI=1S/C23H30O14/c1-7-4-9(24)13-10(34-7)5-11(21(32-3)16(13)27)36-23-20(31)18(29)15(26)12(37-23)6-33-22-19(30)17(28)14(25)8(2)35-22/h4-5,8,12,14-15,17-20,22-23,25-31H,6H2,1-3H3/t8-,12+,14-,15+,17+,18-,19+,20+,22+,23+/m0/s1. The van der Waals surface area contributed by atoms with Gasteiger partial charge in [0.05, 0.1) is 19.8 Å². The third-order valence-electron chi connectivity index (χ3n) is 6.38. The van der Waals surface area contributed by atoms with Crippen molar-refractivity contribution in [2.45, 2.75) is 75.3 Å². The fourth-order valence-corrected chi connectivity index (χ4v) is 4.28. The van der Waals surface area contributed by atoms with Crippen molar-refractivity contribution in [2.75, 3.05) is 13.7 Å². The van der Waals surface area contributed by atoms with Crippen LogP contribution >= 0.6 is 0 Å². The van der Waals surface area contributed by atoms with Crippen molar-refractivity contribution in [2.24, 2.45) is 0 Å². The second kappa shape index (κ2) is 10.7. The molecule has 2 aliphatic rings. The number of fused-ring (bicyclic) bond motifs is 1. The van der Waals surface area contributed by atoms with E-state index in [9.17, 15) is 40.5 Å². The highest BCUT2D eigenvalue weighted by molar-refractivity contribution is 5.88. The predicted molar refractivity (Wildman–Crippen MR) is 121 cm³/mol. The summed E-state index contributed by atoms with van der Waals surface area (Å²) in [7, 11) is 1.21. The lowest BCUT2D eigenvalue weighted by atomic mass is 9.98. The molecule has 0 aliphatic carbocycles. The molecule has 2 fully saturated rings. The highest BCUT2D eigenvalue weighted by atomic mass is 16.7. The average molecular weight is 530 g/mol. The van der Waals surface area contributed by atoms with Gasteiger partial charge in [0, 0.05) is 12.1 Å². The van der Waals surface area contributed by atoms with E-state index in [0.717, 1.165) is 0 Å². The van der Waals surface area contributed by atoms with Crippen LogP contribution in [0.15, 0.2) is 21.3 Å². The number of aryl methyl sites for hydroxylation is 1. The van der Waals surface area contributed by atoms with Crippen molar-refractivity contribution in [3.63, 3.8) is 0 Å². The number of aliphatic hydroxyl groups is 6. The molecule has 0 bridgehead atoms. The molecule has 7 N–H and O–H groups in total. The first-order chi connectivity index (χ1) is 17.4. The molecular weight excluding hydrogens is 500 g/mol. The first-order valence-corrected chi connectivity index (χ1v) is 11.5. The first-order valence-electron chi connectivity index (χ1n) is 11.5. The summed E-state index contributed by atoms with van der Waals surface area (Å²) in [6.07, 6.45) is -14.9. The molecule has 1 aromatic heterocycles. The number of phenolic OH excluding ortho intramolecular Hbond substituents is 1. The van der Waals surface area contributed by atoms with Crippen LogP contribution in [-0.4, -0.2) is 111 Å². The van der Waals surface area contributed by atoms with Crippen LogP contribution in [0.4, 0.5) is 0 Å². The van der Waals surface area contributed by atoms with E-state index in [1.165, 1.54) is 33.1 Å². The second-order valence-corrected chi connectivity index (χ2v) is 9.00. The Morgan fingerprint density at radius 1 is 0.892 bits per heavy atom. The minimum absolute atomic E-state index is 0.0395. The molecule has 3 heterocycles. The van der Waals surface area contributed by atoms with Crippen LogP contribution in [-0.2, 0) is 14.2 Å². The third-order valence-corrected chi connectivity index (χ3v) is 6.38. The number of hydrogen-bond acceptors (Lipinski definition) is 14. The van der Waals surface area contributed by atoms with E-state index < -0.39 is 79.2 Å². The van der Waals surface area contributed by atoms with Gasteiger partial charge < -0.3 is 63.8 Å². The number of hydrogen-bond donors (Lipinski definition) is 7. The average Bonchev–Trinajstić information content (AvgIpc) is 2.84. The molecule has 4 rings (SSSR count). The normalized spacial score (nSPS) is 36.5. The number of methoxy groups -OCH3 is 1. The van der Waals surface area contributed by atoms with Crippen molar-refractivity contribution < 1.29 is 63.8 Å². The quantitative estimate of drug-likeness (QED) is 0.212. The molecule has 206 valence electrons. The van der Waals surface area contributed by atoms with Crippen LogP contribution in [0.25, 0.3) is 11.0 Å². The lowest BCUT2D eigenvalue weighted by Gasteiger charge is -2.42. The summed E-state index contributed by atoms with van der Waals surface area (Å²) in [6.45, 7) is 2.50. The van der Waals surface area contributed by atoms with Gasteiger partial charge in [-0.1, -0.05) is 0 Å². The molecule has 0 spiro atoms. The Labute approximate surface area is 209 Å². The summed E-state index contributed by atoms with van der Waals surface area (Å²) in [5, 5.41) is 71.6. The van der Waals surface area contributed by atoms with Gasteiger partial charge in [0.2, 0.25) is 12.0 Å². The van der Waals surface area contributed by atoms with E-state index in [2.05, 4.69) is 0 Å². The van der Waals surface area contributed by atoms with Crippen LogP contribution in [0.1, 0.15) is 12.7 Å². The largest absolute Gasteiger partial charge is 0.504 e. The fourth-order valence-electron chi connectivity index (χ4n) is 4.28. The summed E-state index contributed by atoms with van der Waals surface area (Å²) < 4.78 is 32.7.